The van der Waals surface area contributed by atoms with Gasteiger partial charge in [0, 0.05) is 56.0 Å². The summed E-state index contributed by atoms with van der Waals surface area (Å²) in [6.07, 6.45) is 0.264. The summed E-state index contributed by atoms with van der Waals surface area (Å²) in [7, 11) is 6.78. The normalized spacial score (nSPS) is 27.3. The summed E-state index contributed by atoms with van der Waals surface area (Å²) in [6, 6.07) is 0.562. The first kappa shape index (κ1) is 28.6. The Kier molecular flexibility index (Phi) is 7.28. The Labute approximate surface area is 226 Å². The monoisotopic (exact) mass is 543 g/mol. The molecular weight excluding hydrogens is 506 g/mol. The molecule has 1 aromatic rings. The summed E-state index contributed by atoms with van der Waals surface area (Å²) in [5, 5.41) is 48.6. The fraction of sp³-hybridized carbons (Fsp3) is 0.519. The van der Waals surface area contributed by atoms with Gasteiger partial charge in [-0.25, -0.2) is 0 Å². The van der Waals surface area contributed by atoms with Gasteiger partial charge in [0.2, 0.25) is 5.78 Å². The lowest BCUT2D eigenvalue weighted by Crippen LogP contribution is -2.65. The first-order valence-corrected chi connectivity index (χ1v) is 12.8. The Bertz CT molecular complexity index is 1320. The number of anilines is 1. The standard InChI is InChI=1S/C27H37N5O7/c1-11(28)9-30-10-13-8-16(31(2)3)14-6-12-7-15-20(32(4)5)23(35)19(26(29)38)25(37)27(15,39)24(36)17(12)22(34)18(14)21(13)33/h8,11-12,15,20,30,33-34,37,39H,6-7,9-10,28H2,1-5H3,(H2,29,38)/t11?,12-,15-,20?,27-/m0/s1. The molecule has 12 heteroatoms. The van der Waals surface area contributed by atoms with E-state index in [1.807, 2.05) is 32.0 Å². The summed E-state index contributed by atoms with van der Waals surface area (Å²) in [4.78, 5) is 42.6. The van der Waals surface area contributed by atoms with Crippen LogP contribution in [0.15, 0.2) is 23.0 Å². The number of likely N-dealkylation sites (N-methyl/N-ethyl adjacent to an activating group) is 1. The number of hydrogen-bond donors (Lipinski definition) is 7. The molecule has 9 N–H and O–H groups in total. The van der Waals surface area contributed by atoms with Crippen LogP contribution >= 0.6 is 0 Å². The predicted octanol–water partition coefficient (Wildman–Crippen LogP) is -0.533. The molecule has 5 atom stereocenters. The number of nitrogens with zero attached hydrogens (tertiary/aromatic N) is 2. The van der Waals surface area contributed by atoms with Crippen molar-refractivity contribution in [3.05, 3.63) is 39.7 Å². The first-order chi connectivity index (χ1) is 18.1. The minimum Gasteiger partial charge on any atom is -0.508 e. The number of Topliss-reactive ketones (excluding diaryl/α,β-unsaturated/α-hetero) is 2. The minimum absolute atomic E-state index is 0.0388. The summed E-state index contributed by atoms with van der Waals surface area (Å²) in [5.41, 5.74) is 9.38. The molecule has 0 saturated heterocycles. The number of fused-ring (bicyclic) bond motifs is 3. The molecule has 39 heavy (non-hydrogen) atoms. The third-order valence-electron chi connectivity index (χ3n) is 8.04. The van der Waals surface area contributed by atoms with Crippen molar-refractivity contribution in [1.82, 2.24) is 10.2 Å². The lowest BCUT2D eigenvalue weighted by Gasteiger charge is -2.50. The number of phenols is 1. The Morgan fingerprint density at radius 1 is 1.21 bits per heavy atom. The highest BCUT2D eigenvalue weighted by Gasteiger charge is 2.64. The highest BCUT2D eigenvalue weighted by Crippen LogP contribution is 2.54. The molecule has 0 heterocycles. The number of carbonyl (C=O) groups is 3. The average Bonchev–Trinajstić information content (AvgIpc) is 2.81. The Morgan fingerprint density at radius 2 is 1.85 bits per heavy atom. The van der Waals surface area contributed by atoms with Gasteiger partial charge in [0.15, 0.2) is 11.4 Å². The van der Waals surface area contributed by atoms with Crippen molar-refractivity contribution in [2.45, 2.75) is 44.0 Å². The highest BCUT2D eigenvalue weighted by molar-refractivity contribution is 6.24. The fourth-order valence-corrected chi connectivity index (χ4v) is 6.31. The molecule has 0 aliphatic heterocycles. The van der Waals surface area contributed by atoms with Crippen molar-refractivity contribution in [2.24, 2.45) is 23.3 Å². The van der Waals surface area contributed by atoms with Crippen molar-refractivity contribution in [1.29, 1.82) is 0 Å². The number of aromatic hydroxyl groups is 1. The summed E-state index contributed by atoms with van der Waals surface area (Å²) >= 11 is 0. The highest BCUT2D eigenvalue weighted by atomic mass is 16.3. The lowest BCUT2D eigenvalue weighted by atomic mass is 9.57. The number of primary amides is 1. The molecule has 12 nitrogen and oxygen atoms in total. The molecule has 1 amide bonds. The van der Waals surface area contributed by atoms with E-state index < -0.39 is 58.0 Å². The Morgan fingerprint density at radius 3 is 2.38 bits per heavy atom. The van der Waals surface area contributed by atoms with Crippen LogP contribution in [0.5, 0.6) is 5.75 Å². The second-order valence-electron chi connectivity index (χ2n) is 11.2. The predicted molar refractivity (Wildman–Crippen MR) is 144 cm³/mol. The summed E-state index contributed by atoms with van der Waals surface area (Å²) < 4.78 is 0. The topological polar surface area (TPSA) is 203 Å². The molecule has 1 saturated carbocycles. The number of nitrogens with two attached hydrogens (primary N) is 2. The molecule has 3 aliphatic rings. The van der Waals surface area contributed by atoms with Crippen molar-refractivity contribution in [3.63, 3.8) is 0 Å². The molecule has 2 unspecified atom stereocenters. The van der Waals surface area contributed by atoms with Gasteiger partial charge in [-0.05, 0) is 51.4 Å². The van der Waals surface area contributed by atoms with E-state index in [4.69, 9.17) is 11.5 Å². The van der Waals surface area contributed by atoms with Crippen LogP contribution in [0.25, 0.3) is 5.76 Å². The molecule has 0 aromatic heterocycles. The third kappa shape index (κ3) is 4.27. The quantitative estimate of drug-likeness (QED) is 0.218. The number of nitrogens with one attached hydrogen (secondary N) is 1. The van der Waals surface area contributed by atoms with Crippen LogP contribution in [0.2, 0.25) is 0 Å². The van der Waals surface area contributed by atoms with Gasteiger partial charge in [0.25, 0.3) is 5.91 Å². The second kappa shape index (κ2) is 9.94. The van der Waals surface area contributed by atoms with Crippen LogP contribution < -0.4 is 21.7 Å². The minimum atomic E-state index is -2.67. The molecule has 3 aliphatic carbocycles. The van der Waals surface area contributed by atoms with E-state index >= 15 is 0 Å². The van der Waals surface area contributed by atoms with E-state index in [1.54, 1.807) is 14.1 Å². The lowest BCUT2D eigenvalue weighted by molar-refractivity contribution is -0.153. The van der Waals surface area contributed by atoms with Gasteiger partial charge in [-0.15, -0.1) is 0 Å². The zero-order chi connectivity index (χ0) is 29.1. The number of aliphatic hydroxyl groups excluding tert-OH is 2. The number of aliphatic hydroxyl groups is 3. The van der Waals surface area contributed by atoms with E-state index in [2.05, 4.69) is 5.32 Å². The van der Waals surface area contributed by atoms with Crippen LogP contribution in [0.3, 0.4) is 0 Å². The van der Waals surface area contributed by atoms with E-state index in [0.29, 0.717) is 17.7 Å². The second-order valence-corrected chi connectivity index (χ2v) is 11.2. The van der Waals surface area contributed by atoms with Crippen molar-refractivity contribution < 1.29 is 34.8 Å². The SMILES string of the molecule is CC(N)CNCc1cc(N(C)C)c2c(c1O)C(O)=C1C(=O)[C@]3(O)C(O)=C(C(N)=O)C(=O)C(N(C)C)[C@@H]3C[C@@H]1C2. The van der Waals surface area contributed by atoms with Crippen LogP contribution in [0.4, 0.5) is 5.69 Å². The third-order valence-corrected chi connectivity index (χ3v) is 8.04. The van der Waals surface area contributed by atoms with Gasteiger partial charge < -0.3 is 42.1 Å². The fourth-order valence-electron chi connectivity index (χ4n) is 6.31. The van der Waals surface area contributed by atoms with Gasteiger partial charge >= 0.3 is 0 Å². The van der Waals surface area contributed by atoms with E-state index in [0.717, 1.165) is 5.69 Å². The molecule has 4 rings (SSSR count). The number of phenolic OH excluding ortho intramolecular Hbond substituents is 1. The largest absolute Gasteiger partial charge is 0.508 e. The first-order valence-electron chi connectivity index (χ1n) is 12.8. The summed E-state index contributed by atoms with van der Waals surface area (Å²) in [6.45, 7) is 2.56. The van der Waals surface area contributed by atoms with Crippen molar-refractivity contribution >= 4 is 28.9 Å². The summed E-state index contributed by atoms with van der Waals surface area (Å²) in [5.74, 6) is -6.67. The van der Waals surface area contributed by atoms with Gasteiger partial charge in [-0.3, -0.25) is 19.3 Å². The molecule has 0 spiro atoms. The van der Waals surface area contributed by atoms with Crippen LogP contribution in [0.1, 0.15) is 30.0 Å². The van der Waals surface area contributed by atoms with Crippen LogP contribution in [0, 0.1) is 11.8 Å². The van der Waals surface area contributed by atoms with E-state index in [-0.39, 0.29) is 42.3 Å². The van der Waals surface area contributed by atoms with Crippen LogP contribution in [-0.4, -0.2) is 95.2 Å². The maximum absolute atomic E-state index is 14.0. The number of hydrogen-bond acceptors (Lipinski definition) is 11. The van der Waals surface area contributed by atoms with Crippen LogP contribution in [-0.2, 0) is 27.3 Å². The molecule has 0 bridgehead atoms. The average molecular weight is 544 g/mol. The number of benzene rings is 1. The van der Waals surface area contributed by atoms with Gasteiger partial charge in [0.1, 0.15) is 22.8 Å². The van der Waals surface area contributed by atoms with Gasteiger partial charge in [-0.1, -0.05) is 0 Å². The van der Waals surface area contributed by atoms with E-state index in [1.165, 1.54) is 4.90 Å². The Balaban J connectivity index is 1.93. The smallest absolute Gasteiger partial charge is 0.255 e. The maximum atomic E-state index is 14.0. The van der Waals surface area contributed by atoms with Crippen molar-refractivity contribution in [2.75, 3.05) is 39.6 Å². The zero-order valence-electron chi connectivity index (χ0n) is 22.8. The molecular formula is C27H37N5O7. The number of carbonyl (C=O) groups excluding carboxylic acids is 3. The van der Waals surface area contributed by atoms with Crippen molar-refractivity contribution in [3.8, 4) is 5.75 Å². The molecule has 1 aromatic carbocycles. The van der Waals surface area contributed by atoms with E-state index in [9.17, 15) is 34.8 Å². The molecule has 0 radical (unpaired) electrons. The number of amides is 1. The van der Waals surface area contributed by atoms with Gasteiger partial charge in [-0.2, -0.15) is 0 Å². The molecule has 1 fully saturated rings. The van der Waals surface area contributed by atoms with Gasteiger partial charge in [0.05, 0.1) is 11.6 Å². The maximum Gasteiger partial charge on any atom is 0.255 e. The zero-order valence-corrected chi connectivity index (χ0v) is 22.8. The Hall–Kier alpha value is -3.45. The number of ketones is 2. The number of rotatable bonds is 7. The molecule has 212 valence electrons.